The number of nitrogens with zero attached hydrogens (tertiary/aromatic N) is 3. The number of non-ortho nitro benzene ring substituents is 2. The molecule has 0 aliphatic heterocycles. The topological polar surface area (TPSA) is 152 Å². The molecule has 0 spiro atoms. The number of rotatable bonds is 6. The lowest BCUT2D eigenvalue weighted by Gasteiger charge is -2.01. The van der Waals surface area contributed by atoms with Crippen molar-refractivity contribution in [2.45, 2.75) is 13.8 Å². The molecule has 0 bridgehead atoms. The molecule has 0 saturated carbocycles. The molecule has 0 saturated heterocycles. The molecule has 2 N–H and O–H groups in total. The van der Waals surface area contributed by atoms with Gasteiger partial charge in [0.25, 0.3) is 11.4 Å². The molecule has 2 aromatic carbocycles. The Morgan fingerprint density at radius 3 is 1.75 bits per heavy atom. The Hall–Kier alpha value is -3.44. The van der Waals surface area contributed by atoms with E-state index in [1.54, 1.807) is 6.92 Å². The average Bonchev–Trinajstić information content (AvgIpc) is 2.67. The van der Waals surface area contributed by atoms with Gasteiger partial charge in [0, 0.05) is 31.2 Å². The summed E-state index contributed by atoms with van der Waals surface area (Å²) in [6.07, 6.45) is 0. The van der Waals surface area contributed by atoms with Crippen LogP contribution in [0.25, 0.3) is 0 Å². The van der Waals surface area contributed by atoms with Gasteiger partial charge >= 0.3 is 0 Å². The summed E-state index contributed by atoms with van der Waals surface area (Å²) in [6.45, 7) is 4.01. The lowest BCUT2D eigenvalue weighted by atomic mass is 10.3. The van der Waals surface area contributed by atoms with E-state index >= 15 is 0 Å². The van der Waals surface area contributed by atoms with E-state index in [1.165, 1.54) is 48.5 Å². The predicted molar refractivity (Wildman–Crippen MR) is 104 cm³/mol. The molecule has 0 amide bonds. The molecule has 152 valence electrons. The first-order valence-corrected chi connectivity index (χ1v) is 7.57. The number of nitro benzene ring substituents is 2. The Morgan fingerprint density at radius 1 is 0.964 bits per heavy atom. The van der Waals surface area contributed by atoms with E-state index in [1.807, 2.05) is 6.92 Å². The van der Waals surface area contributed by atoms with Crippen LogP contribution in [0.4, 0.5) is 11.4 Å². The van der Waals surface area contributed by atoms with Gasteiger partial charge in [-0.25, -0.2) is 0 Å². The van der Waals surface area contributed by atoms with Crippen LogP contribution in [0.15, 0.2) is 53.7 Å². The van der Waals surface area contributed by atoms with Crippen LogP contribution >= 0.6 is 12.4 Å². The standard InChI is InChI=1S/C10H12N2O4.C6H6N2O3.ClH/c1-3-15-8(2)11-16-10-6-4-9(5-7-10)12(13)14;7-11-6-3-1-5(2-4-6)8(9)10;/h4-7H,3H2,1-2H3;1-4H,7H2;1H. The zero-order valence-corrected chi connectivity index (χ0v) is 15.8. The minimum atomic E-state index is -0.486. The normalized spacial score (nSPS) is 9.89. The van der Waals surface area contributed by atoms with E-state index in [-0.39, 0.29) is 23.8 Å². The highest BCUT2D eigenvalue weighted by molar-refractivity contribution is 5.85. The van der Waals surface area contributed by atoms with Crippen LogP contribution < -0.4 is 15.6 Å². The molecule has 11 nitrogen and oxygen atoms in total. The molecule has 0 unspecified atom stereocenters. The average molecular weight is 415 g/mol. The van der Waals surface area contributed by atoms with Gasteiger partial charge in [0.2, 0.25) is 5.90 Å². The minimum Gasteiger partial charge on any atom is -0.479 e. The molecule has 0 fully saturated rings. The first-order chi connectivity index (χ1) is 12.9. The number of nitrogens with two attached hydrogens (primary N) is 1. The summed E-state index contributed by atoms with van der Waals surface area (Å²) < 4.78 is 5.04. The number of hydrogen-bond acceptors (Lipinski definition) is 9. The Kier molecular flexibility index (Phi) is 11.3. The third kappa shape index (κ3) is 8.78. The highest BCUT2D eigenvalue weighted by Gasteiger charge is 2.04. The second-order valence-corrected chi connectivity index (χ2v) is 4.75. The van der Waals surface area contributed by atoms with Crippen molar-refractivity contribution in [2.24, 2.45) is 11.1 Å². The summed E-state index contributed by atoms with van der Waals surface area (Å²) in [7, 11) is 0. The van der Waals surface area contributed by atoms with Crippen molar-refractivity contribution < 1.29 is 24.3 Å². The van der Waals surface area contributed by atoms with Crippen molar-refractivity contribution in [3.63, 3.8) is 0 Å². The van der Waals surface area contributed by atoms with E-state index in [2.05, 4.69) is 9.99 Å². The lowest BCUT2D eigenvalue weighted by molar-refractivity contribution is -0.385. The van der Waals surface area contributed by atoms with Crippen LogP contribution in [0.1, 0.15) is 13.8 Å². The summed E-state index contributed by atoms with van der Waals surface area (Å²) in [5, 5.41) is 24.2. The van der Waals surface area contributed by atoms with E-state index in [0.717, 1.165) is 0 Å². The van der Waals surface area contributed by atoms with Gasteiger partial charge in [-0.15, -0.1) is 12.4 Å². The second kappa shape index (κ2) is 12.8. The third-order valence-electron chi connectivity index (χ3n) is 2.86. The van der Waals surface area contributed by atoms with Crippen molar-refractivity contribution in [3.8, 4) is 11.5 Å². The Labute approximate surface area is 166 Å². The highest BCUT2D eigenvalue weighted by Crippen LogP contribution is 2.17. The van der Waals surface area contributed by atoms with Gasteiger partial charge in [-0.2, -0.15) is 5.90 Å². The van der Waals surface area contributed by atoms with E-state index < -0.39 is 9.85 Å². The number of halogens is 1. The molecule has 0 aliphatic carbocycles. The Morgan fingerprint density at radius 2 is 1.39 bits per heavy atom. The maximum atomic E-state index is 10.4. The van der Waals surface area contributed by atoms with Gasteiger partial charge in [0.1, 0.15) is 5.75 Å². The lowest BCUT2D eigenvalue weighted by Crippen LogP contribution is -2.01. The number of benzene rings is 2. The van der Waals surface area contributed by atoms with Crippen LogP contribution in [0.3, 0.4) is 0 Å². The monoisotopic (exact) mass is 414 g/mol. The van der Waals surface area contributed by atoms with E-state index in [4.69, 9.17) is 15.5 Å². The number of hydrogen-bond donors (Lipinski definition) is 1. The molecule has 0 aliphatic rings. The largest absolute Gasteiger partial charge is 0.479 e. The molecule has 0 heterocycles. The summed E-state index contributed by atoms with van der Waals surface area (Å²) in [5.74, 6) is 6.03. The van der Waals surface area contributed by atoms with Gasteiger partial charge in [0.15, 0.2) is 5.75 Å². The van der Waals surface area contributed by atoms with Crippen LogP contribution in [0.2, 0.25) is 0 Å². The van der Waals surface area contributed by atoms with Gasteiger partial charge in [-0.05, 0) is 36.3 Å². The number of ether oxygens (including phenoxy) is 1. The smallest absolute Gasteiger partial charge is 0.269 e. The van der Waals surface area contributed by atoms with Crippen LogP contribution in [0.5, 0.6) is 11.5 Å². The molecule has 0 radical (unpaired) electrons. The van der Waals surface area contributed by atoms with Gasteiger partial charge in [0.05, 0.1) is 16.5 Å². The van der Waals surface area contributed by atoms with Crippen molar-refractivity contribution in [2.75, 3.05) is 6.61 Å². The summed E-state index contributed by atoms with van der Waals surface area (Å²) in [6, 6.07) is 11.1. The predicted octanol–water partition coefficient (Wildman–Crippen LogP) is 3.61. The molecule has 2 aromatic rings. The zero-order valence-electron chi connectivity index (χ0n) is 15.0. The first-order valence-electron chi connectivity index (χ1n) is 7.57. The second-order valence-electron chi connectivity index (χ2n) is 4.75. The molecule has 0 aromatic heterocycles. The third-order valence-corrected chi connectivity index (χ3v) is 2.86. The van der Waals surface area contributed by atoms with Crippen LogP contribution in [-0.4, -0.2) is 22.4 Å². The summed E-state index contributed by atoms with van der Waals surface area (Å²) in [5.41, 5.74) is 0.0312. The van der Waals surface area contributed by atoms with Crippen LogP contribution in [-0.2, 0) is 4.74 Å². The van der Waals surface area contributed by atoms with Crippen molar-refractivity contribution >= 4 is 29.7 Å². The van der Waals surface area contributed by atoms with Crippen molar-refractivity contribution in [1.29, 1.82) is 0 Å². The van der Waals surface area contributed by atoms with Gasteiger partial charge in [-0.3, -0.25) is 20.2 Å². The maximum absolute atomic E-state index is 10.4. The Balaban J connectivity index is 0.000000535. The Bertz CT molecular complexity index is 783. The quantitative estimate of drug-likeness (QED) is 0.325. The molecular weight excluding hydrogens is 396 g/mol. The fourth-order valence-corrected chi connectivity index (χ4v) is 1.63. The maximum Gasteiger partial charge on any atom is 0.269 e. The molecule has 12 heteroatoms. The van der Waals surface area contributed by atoms with Gasteiger partial charge < -0.3 is 14.4 Å². The van der Waals surface area contributed by atoms with Crippen LogP contribution in [0, 0.1) is 20.2 Å². The van der Waals surface area contributed by atoms with Gasteiger partial charge in [-0.1, -0.05) is 0 Å². The van der Waals surface area contributed by atoms with E-state index in [0.29, 0.717) is 24.0 Å². The SMILES string of the molecule is CCOC(C)=NOc1ccc([N+](=O)[O-])cc1.Cl.NOc1ccc([N+](=O)[O-])cc1. The summed E-state index contributed by atoms with van der Waals surface area (Å²) >= 11 is 0. The zero-order chi connectivity index (χ0) is 20.2. The fourth-order valence-electron chi connectivity index (χ4n) is 1.63. The molecule has 0 atom stereocenters. The highest BCUT2D eigenvalue weighted by atomic mass is 35.5. The number of oxime groups is 1. The van der Waals surface area contributed by atoms with E-state index in [9.17, 15) is 20.2 Å². The first kappa shape index (κ1) is 24.6. The van der Waals surface area contributed by atoms with Crippen molar-refractivity contribution in [3.05, 3.63) is 68.8 Å². The number of nitro groups is 2. The summed E-state index contributed by atoms with van der Waals surface area (Å²) in [4.78, 5) is 28.9. The molecule has 28 heavy (non-hydrogen) atoms. The minimum absolute atomic E-state index is 0. The van der Waals surface area contributed by atoms with Crippen molar-refractivity contribution in [1.82, 2.24) is 0 Å². The molecular formula is C16H19ClN4O7. The fraction of sp³-hybridized carbons (Fsp3) is 0.188. The molecule has 2 rings (SSSR count).